The molecule has 138 valence electrons. The van der Waals surface area contributed by atoms with Crippen molar-refractivity contribution in [1.82, 2.24) is 4.90 Å². The molecule has 6 nitrogen and oxygen atoms in total. The molecule has 1 saturated heterocycles. The third-order valence-electron chi connectivity index (χ3n) is 4.97. The monoisotopic (exact) mass is 368 g/mol. The Labute approximate surface area is 152 Å². The third kappa shape index (κ3) is 3.96. The zero-order chi connectivity index (χ0) is 18.0. The lowest BCUT2D eigenvalue weighted by molar-refractivity contribution is -0.147. The fraction of sp³-hybridized carbons (Fsp3) is 0.611. The van der Waals surface area contributed by atoms with Crippen LogP contribution in [0.4, 0.5) is 5.69 Å². The topological polar surface area (TPSA) is 85.0 Å². The van der Waals surface area contributed by atoms with Gasteiger partial charge in [0.25, 0.3) is 0 Å². The number of carboxylic acid groups (broad SMARTS) is 1. The minimum absolute atomic E-state index is 0.0225. The number of nitrogen functional groups attached to an aromatic ring is 1. The number of fused-ring (bicyclic) bond motifs is 1. The Balaban J connectivity index is 1.76. The maximum Gasteiger partial charge on any atom is 0.348 e. The first-order valence-corrected chi connectivity index (χ1v) is 9.22. The van der Waals surface area contributed by atoms with Crippen molar-refractivity contribution >= 4 is 23.3 Å². The van der Waals surface area contributed by atoms with Gasteiger partial charge in [0, 0.05) is 0 Å². The van der Waals surface area contributed by atoms with E-state index in [1.807, 2.05) is 6.07 Å². The Bertz CT molecular complexity index is 644. The molecule has 1 unspecified atom stereocenters. The van der Waals surface area contributed by atoms with E-state index in [9.17, 15) is 4.79 Å². The number of anilines is 1. The van der Waals surface area contributed by atoms with Crippen molar-refractivity contribution in [2.24, 2.45) is 5.92 Å². The maximum atomic E-state index is 11.2. The predicted octanol–water partition coefficient (Wildman–Crippen LogP) is 2.81. The first kappa shape index (κ1) is 18.1. The fourth-order valence-electron chi connectivity index (χ4n) is 3.60. The quantitative estimate of drug-likeness (QED) is 0.777. The second-order valence-electron chi connectivity index (χ2n) is 6.83. The first-order chi connectivity index (χ1) is 12.0. The van der Waals surface area contributed by atoms with Crippen LogP contribution in [0.5, 0.6) is 11.5 Å². The van der Waals surface area contributed by atoms with Crippen molar-refractivity contribution < 1.29 is 19.4 Å². The van der Waals surface area contributed by atoms with Gasteiger partial charge in [0.2, 0.25) is 6.10 Å². The lowest BCUT2D eigenvalue weighted by atomic mass is 9.89. The number of hydrogen-bond acceptors (Lipinski definition) is 5. The van der Waals surface area contributed by atoms with Gasteiger partial charge >= 0.3 is 5.97 Å². The molecule has 0 aliphatic carbocycles. The van der Waals surface area contributed by atoms with Crippen LogP contribution in [0.2, 0.25) is 5.02 Å². The van der Waals surface area contributed by atoms with Gasteiger partial charge in [0.15, 0.2) is 11.5 Å². The van der Waals surface area contributed by atoms with Crippen LogP contribution in [0, 0.1) is 5.92 Å². The van der Waals surface area contributed by atoms with Crippen molar-refractivity contribution in [1.29, 1.82) is 0 Å². The molecule has 0 radical (unpaired) electrons. The van der Waals surface area contributed by atoms with E-state index in [2.05, 4.69) is 11.8 Å². The van der Waals surface area contributed by atoms with E-state index in [4.69, 9.17) is 31.9 Å². The summed E-state index contributed by atoms with van der Waals surface area (Å²) in [5, 5.41) is 9.52. The number of rotatable bonds is 5. The van der Waals surface area contributed by atoms with Crippen LogP contribution >= 0.6 is 11.6 Å². The molecule has 2 aliphatic heterocycles. The zero-order valence-electron chi connectivity index (χ0n) is 14.5. The number of likely N-dealkylation sites (tertiary alicyclic amines) is 1. The lowest BCUT2D eigenvalue weighted by Gasteiger charge is -2.33. The van der Waals surface area contributed by atoms with Crippen LogP contribution in [-0.2, 0) is 11.2 Å². The zero-order valence-corrected chi connectivity index (χ0v) is 15.2. The molecule has 1 fully saturated rings. The Morgan fingerprint density at radius 1 is 1.40 bits per heavy atom. The summed E-state index contributed by atoms with van der Waals surface area (Å²) in [7, 11) is 0. The SMILES string of the molecule is CCCN1CCC(Cc2cc(Cl)c(N)c3c2OCC(C(=O)O)O3)CC1. The van der Waals surface area contributed by atoms with Gasteiger partial charge in [-0.1, -0.05) is 18.5 Å². The molecule has 0 saturated carbocycles. The number of nitrogens with zero attached hydrogens (tertiary/aromatic N) is 1. The van der Waals surface area contributed by atoms with E-state index in [1.54, 1.807) is 0 Å². The molecule has 0 amide bonds. The average molecular weight is 369 g/mol. The molecule has 0 spiro atoms. The van der Waals surface area contributed by atoms with E-state index in [-0.39, 0.29) is 18.0 Å². The number of carbonyl (C=O) groups is 1. The summed E-state index contributed by atoms with van der Waals surface area (Å²) in [5.41, 5.74) is 7.17. The first-order valence-electron chi connectivity index (χ1n) is 8.85. The third-order valence-corrected chi connectivity index (χ3v) is 5.28. The molecule has 25 heavy (non-hydrogen) atoms. The van der Waals surface area contributed by atoms with Crippen LogP contribution < -0.4 is 15.2 Å². The van der Waals surface area contributed by atoms with Crippen molar-refractivity contribution in [3.05, 3.63) is 16.7 Å². The van der Waals surface area contributed by atoms with Crippen LogP contribution in [-0.4, -0.2) is 48.3 Å². The Morgan fingerprint density at radius 3 is 2.76 bits per heavy atom. The molecule has 2 heterocycles. The number of halogens is 1. The number of carboxylic acids is 1. The highest BCUT2D eigenvalue weighted by atomic mass is 35.5. The molecular weight excluding hydrogens is 344 g/mol. The molecule has 7 heteroatoms. The van der Waals surface area contributed by atoms with Crippen LogP contribution in [0.1, 0.15) is 31.7 Å². The smallest absolute Gasteiger partial charge is 0.348 e. The van der Waals surface area contributed by atoms with Gasteiger partial charge in [-0.15, -0.1) is 0 Å². The van der Waals surface area contributed by atoms with E-state index in [0.29, 0.717) is 16.7 Å². The second-order valence-corrected chi connectivity index (χ2v) is 7.24. The van der Waals surface area contributed by atoms with E-state index in [1.165, 1.54) is 6.42 Å². The normalized spacial score (nSPS) is 21.3. The average Bonchev–Trinajstić information content (AvgIpc) is 2.61. The molecular formula is C18H25ClN2O4. The van der Waals surface area contributed by atoms with Crippen LogP contribution in [0.15, 0.2) is 6.07 Å². The van der Waals surface area contributed by atoms with Gasteiger partial charge in [-0.2, -0.15) is 0 Å². The van der Waals surface area contributed by atoms with Crippen molar-refractivity contribution in [2.75, 3.05) is 32.0 Å². The highest BCUT2D eigenvalue weighted by Crippen LogP contribution is 2.45. The summed E-state index contributed by atoms with van der Waals surface area (Å²) >= 11 is 6.24. The van der Waals surface area contributed by atoms with Crippen molar-refractivity contribution in [3.63, 3.8) is 0 Å². The Morgan fingerprint density at radius 2 is 2.12 bits per heavy atom. The van der Waals surface area contributed by atoms with Gasteiger partial charge in [-0.25, -0.2) is 4.79 Å². The lowest BCUT2D eigenvalue weighted by Crippen LogP contribution is -2.37. The summed E-state index contributed by atoms with van der Waals surface area (Å²) in [6.07, 6.45) is 3.23. The van der Waals surface area contributed by atoms with Gasteiger partial charge in [-0.3, -0.25) is 0 Å². The van der Waals surface area contributed by atoms with Crippen molar-refractivity contribution in [3.8, 4) is 11.5 Å². The van der Waals surface area contributed by atoms with Gasteiger partial charge in [0.05, 0.1) is 10.7 Å². The van der Waals surface area contributed by atoms with Crippen LogP contribution in [0.3, 0.4) is 0 Å². The molecule has 3 rings (SSSR count). The Kier molecular flexibility index (Phi) is 5.59. The molecule has 2 aliphatic rings. The van der Waals surface area contributed by atoms with E-state index in [0.717, 1.165) is 44.5 Å². The summed E-state index contributed by atoms with van der Waals surface area (Å²) in [4.78, 5) is 13.7. The number of aliphatic carboxylic acids is 1. The summed E-state index contributed by atoms with van der Waals surface area (Å²) < 4.78 is 11.3. The largest absolute Gasteiger partial charge is 0.485 e. The minimum atomic E-state index is -1.07. The van der Waals surface area contributed by atoms with Gasteiger partial charge in [-0.05, 0) is 62.9 Å². The minimum Gasteiger partial charge on any atom is -0.485 e. The summed E-state index contributed by atoms with van der Waals surface area (Å²) in [6.45, 7) is 5.56. The van der Waals surface area contributed by atoms with Crippen molar-refractivity contribution in [2.45, 2.75) is 38.7 Å². The summed E-state index contributed by atoms with van der Waals surface area (Å²) in [5.74, 6) is 0.299. The summed E-state index contributed by atoms with van der Waals surface area (Å²) in [6, 6.07) is 1.83. The highest BCUT2D eigenvalue weighted by Gasteiger charge is 2.32. The molecule has 1 atom stereocenters. The fourth-order valence-corrected chi connectivity index (χ4v) is 3.82. The van der Waals surface area contributed by atoms with Gasteiger partial charge < -0.3 is 25.2 Å². The molecule has 0 aromatic heterocycles. The highest BCUT2D eigenvalue weighted by molar-refractivity contribution is 6.33. The van der Waals surface area contributed by atoms with E-state index >= 15 is 0 Å². The number of piperidine rings is 1. The van der Waals surface area contributed by atoms with Gasteiger partial charge in [0.1, 0.15) is 6.61 Å². The second kappa shape index (κ2) is 7.70. The number of ether oxygens (including phenoxy) is 2. The number of benzene rings is 1. The number of hydrogen-bond donors (Lipinski definition) is 2. The molecule has 3 N–H and O–H groups in total. The molecule has 1 aromatic rings. The standard InChI is InChI=1S/C18H25ClN2O4/c1-2-5-21-6-3-11(4-7-21)8-12-9-13(19)15(20)17-16(12)24-10-14(25-17)18(22)23/h9,11,14H,2-8,10,20H2,1H3,(H,22,23). The predicted molar refractivity (Wildman–Crippen MR) is 96.6 cm³/mol. The van der Waals surface area contributed by atoms with E-state index < -0.39 is 12.1 Å². The molecule has 0 bridgehead atoms. The molecule has 1 aromatic carbocycles. The van der Waals surface area contributed by atoms with Crippen LogP contribution in [0.25, 0.3) is 0 Å². The Hall–Kier alpha value is -1.66. The number of nitrogens with two attached hydrogens (primary N) is 1. The maximum absolute atomic E-state index is 11.2.